The molecule has 3 unspecified atom stereocenters. The van der Waals surface area contributed by atoms with Crippen LogP contribution in [0.1, 0.15) is 12.5 Å². The van der Waals surface area contributed by atoms with Gasteiger partial charge in [-0.05, 0) is 24.6 Å². The highest BCUT2D eigenvalue weighted by molar-refractivity contribution is 7.85. The van der Waals surface area contributed by atoms with Gasteiger partial charge in [-0.1, -0.05) is 60.7 Å². The number of hydrogen-bond acceptors (Lipinski definition) is 2. The van der Waals surface area contributed by atoms with Gasteiger partial charge < -0.3 is 4.74 Å². The van der Waals surface area contributed by atoms with Crippen LogP contribution in [0.4, 0.5) is 4.39 Å². The van der Waals surface area contributed by atoms with Crippen molar-refractivity contribution in [3.63, 3.8) is 0 Å². The molecule has 0 aliphatic rings. The Labute approximate surface area is 139 Å². The van der Waals surface area contributed by atoms with Gasteiger partial charge in [-0.3, -0.25) is 4.21 Å². The zero-order valence-corrected chi connectivity index (χ0v) is 14.0. The molecule has 0 amide bonds. The Balaban J connectivity index is 2.14. The van der Waals surface area contributed by atoms with Crippen molar-refractivity contribution >= 4 is 10.8 Å². The van der Waals surface area contributed by atoms with Gasteiger partial charge >= 0.3 is 0 Å². The van der Waals surface area contributed by atoms with E-state index in [-0.39, 0.29) is 6.61 Å². The van der Waals surface area contributed by atoms with E-state index >= 15 is 0 Å². The molecule has 0 bridgehead atoms. The van der Waals surface area contributed by atoms with E-state index in [1.807, 2.05) is 43.3 Å². The third-order valence-corrected chi connectivity index (χ3v) is 4.75. The quantitative estimate of drug-likeness (QED) is 0.674. The highest BCUT2D eigenvalue weighted by Gasteiger charge is 2.29. The van der Waals surface area contributed by atoms with Crippen LogP contribution >= 0.6 is 0 Å². The number of halogens is 1. The average Bonchev–Trinajstić information content (AvgIpc) is 2.59. The third kappa shape index (κ3) is 5.41. The van der Waals surface area contributed by atoms with E-state index in [0.717, 1.165) is 11.1 Å². The smallest absolute Gasteiger partial charge is 0.205 e. The summed E-state index contributed by atoms with van der Waals surface area (Å²) in [5.74, 6) is 0. The minimum absolute atomic E-state index is 0.254. The summed E-state index contributed by atoms with van der Waals surface area (Å²) in [5.41, 5.74) is 0.157. The highest BCUT2D eigenvalue weighted by atomic mass is 32.2. The van der Waals surface area contributed by atoms with Gasteiger partial charge in [0.15, 0.2) is 0 Å². The van der Waals surface area contributed by atoms with Crippen LogP contribution in [0.15, 0.2) is 77.7 Å². The molecule has 0 aromatic heterocycles. The maximum Gasteiger partial charge on any atom is 0.205 e. The van der Waals surface area contributed by atoms with Crippen LogP contribution in [0.3, 0.4) is 0 Å². The lowest BCUT2D eigenvalue weighted by atomic mass is 10.1. The molecule has 0 spiro atoms. The monoisotopic (exact) mass is 332 g/mol. The van der Waals surface area contributed by atoms with Crippen molar-refractivity contribution in [1.82, 2.24) is 0 Å². The molecule has 0 aliphatic heterocycles. The summed E-state index contributed by atoms with van der Waals surface area (Å²) in [5, 5.41) is 0. The van der Waals surface area contributed by atoms with Crippen molar-refractivity contribution in [3.8, 4) is 0 Å². The van der Waals surface area contributed by atoms with Crippen molar-refractivity contribution in [1.29, 1.82) is 0 Å². The van der Waals surface area contributed by atoms with E-state index in [4.69, 9.17) is 4.74 Å². The van der Waals surface area contributed by atoms with Crippen molar-refractivity contribution in [2.45, 2.75) is 29.8 Å². The largest absolute Gasteiger partial charge is 0.369 e. The van der Waals surface area contributed by atoms with Crippen LogP contribution in [0.5, 0.6) is 0 Å². The number of ether oxygens (including phenoxy) is 1. The summed E-state index contributed by atoms with van der Waals surface area (Å²) < 4.78 is 32.9. The lowest BCUT2D eigenvalue weighted by Crippen LogP contribution is -2.32. The summed E-state index contributed by atoms with van der Waals surface area (Å²) in [6.07, 6.45) is -0.413. The molecule has 2 rings (SSSR count). The van der Waals surface area contributed by atoms with Crippen molar-refractivity contribution in [3.05, 3.63) is 78.4 Å². The molecule has 0 aliphatic carbocycles. The minimum Gasteiger partial charge on any atom is -0.369 e. The Hall–Kier alpha value is -1.78. The standard InChI is InChI=1S/C19H21FO2S/c1-15(2)14-22-18(13-16-9-5-3-6-10-16)19(20)23(21)17-11-7-4-8-12-17/h3-12,18-19H,1,13-14H2,2H3. The Morgan fingerprint density at radius 2 is 1.70 bits per heavy atom. The fourth-order valence-electron chi connectivity index (χ4n) is 2.15. The summed E-state index contributed by atoms with van der Waals surface area (Å²) in [4.78, 5) is 0.469. The molecule has 4 heteroatoms. The third-order valence-electron chi connectivity index (χ3n) is 3.30. The van der Waals surface area contributed by atoms with Gasteiger partial charge in [-0.25, -0.2) is 4.39 Å². The summed E-state index contributed by atoms with van der Waals surface area (Å²) in [6, 6.07) is 18.2. The van der Waals surface area contributed by atoms with Gasteiger partial charge in [-0.15, -0.1) is 0 Å². The van der Waals surface area contributed by atoms with Gasteiger partial charge in [0.1, 0.15) is 6.10 Å². The van der Waals surface area contributed by atoms with Crippen LogP contribution in [-0.2, 0) is 22.0 Å². The lowest BCUT2D eigenvalue weighted by molar-refractivity contribution is 0.0382. The zero-order valence-electron chi connectivity index (χ0n) is 13.2. The van der Waals surface area contributed by atoms with Gasteiger partial charge in [0.25, 0.3) is 0 Å². The Morgan fingerprint density at radius 3 is 2.26 bits per heavy atom. The van der Waals surface area contributed by atoms with Crippen LogP contribution < -0.4 is 0 Å². The maximum atomic E-state index is 14.8. The molecule has 2 aromatic rings. The molecular formula is C19H21FO2S. The molecule has 0 saturated heterocycles. The van der Waals surface area contributed by atoms with Gasteiger partial charge in [0.2, 0.25) is 5.50 Å². The SMILES string of the molecule is C=C(C)COC(Cc1ccccc1)C(F)S(=O)c1ccccc1. The first-order valence-corrected chi connectivity index (χ1v) is 8.69. The molecule has 3 atom stereocenters. The number of alkyl halides is 1. The topological polar surface area (TPSA) is 26.3 Å². The van der Waals surface area contributed by atoms with Gasteiger partial charge in [0, 0.05) is 11.3 Å². The normalized spacial score (nSPS) is 14.9. The maximum absolute atomic E-state index is 14.8. The predicted molar refractivity (Wildman–Crippen MR) is 92.4 cm³/mol. The molecule has 0 heterocycles. The van der Waals surface area contributed by atoms with E-state index in [2.05, 4.69) is 6.58 Å². The molecule has 0 fully saturated rings. The molecule has 2 nitrogen and oxygen atoms in total. The first-order chi connectivity index (χ1) is 11.1. The Kier molecular flexibility index (Phi) is 6.68. The molecule has 0 saturated carbocycles. The second-order valence-corrected chi connectivity index (χ2v) is 6.97. The fourth-order valence-corrected chi connectivity index (χ4v) is 3.28. The fraction of sp³-hybridized carbons (Fsp3) is 0.263. The summed E-state index contributed by atoms with van der Waals surface area (Å²) >= 11 is 0. The highest BCUT2D eigenvalue weighted by Crippen LogP contribution is 2.20. The van der Waals surface area contributed by atoms with E-state index in [1.165, 1.54) is 0 Å². The molecular weight excluding hydrogens is 311 g/mol. The second kappa shape index (κ2) is 8.75. The van der Waals surface area contributed by atoms with Gasteiger partial charge in [0.05, 0.1) is 17.4 Å². The Morgan fingerprint density at radius 1 is 1.13 bits per heavy atom. The van der Waals surface area contributed by atoms with Crippen LogP contribution in [0.2, 0.25) is 0 Å². The molecule has 2 aromatic carbocycles. The average molecular weight is 332 g/mol. The Bertz CT molecular complexity index is 643. The first kappa shape index (κ1) is 17.6. The summed E-state index contributed by atoms with van der Waals surface area (Å²) in [6.45, 7) is 5.85. The van der Waals surface area contributed by atoms with E-state index in [9.17, 15) is 8.60 Å². The molecule has 122 valence electrons. The van der Waals surface area contributed by atoms with Crippen LogP contribution in [0, 0.1) is 0 Å². The van der Waals surface area contributed by atoms with E-state index in [0.29, 0.717) is 11.3 Å². The number of rotatable bonds is 8. The van der Waals surface area contributed by atoms with Crippen molar-refractivity contribution in [2.75, 3.05) is 6.61 Å². The number of benzene rings is 2. The predicted octanol–water partition coefficient (Wildman–Crippen LogP) is 4.29. The lowest BCUT2D eigenvalue weighted by Gasteiger charge is -2.21. The molecule has 23 heavy (non-hydrogen) atoms. The molecule has 0 radical (unpaired) electrons. The minimum atomic E-state index is -1.77. The summed E-state index contributed by atoms with van der Waals surface area (Å²) in [7, 11) is -1.77. The number of hydrogen-bond donors (Lipinski definition) is 0. The van der Waals surface area contributed by atoms with Crippen LogP contribution in [-0.4, -0.2) is 22.4 Å². The molecule has 0 N–H and O–H groups in total. The van der Waals surface area contributed by atoms with E-state index < -0.39 is 22.4 Å². The second-order valence-electron chi connectivity index (χ2n) is 5.46. The van der Waals surface area contributed by atoms with E-state index in [1.54, 1.807) is 24.3 Å². The van der Waals surface area contributed by atoms with Gasteiger partial charge in [-0.2, -0.15) is 0 Å². The first-order valence-electron chi connectivity index (χ1n) is 7.47. The van der Waals surface area contributed by atoms with Crippen molar-refractivity contribution < 1.29 is 13.3 Å². The zero-order chi connectivity index (χ0) is 16.7. The van der Waals surface area contributed by atoms with Crippen molar-refractivity contribution in [2.24, 2.45) is 0 Å². The van der Waals surface area contributed by atoms with Crippen LogP contribution in [0.25, 0.3) is 0 Å².